The van der Waals surface area contributed by atoms with E-state index in [0.717, 1.165) is 18.2 Å². The molecule has 0 saturated heterocycles. The third-order valence-electron chi connectivity index (χ3n) is 2.76. The maximum absolute atomic E-state index is 12.0. The van der Waals surface area contributed by atoms with Crippen LogP contribution in [0.4, 0.5) is 0 Å². The van der Waals surface area contributed by atoms with Gasteiger partial charge in [-0.15, -0.1) is 0 Å². The Morgan fingerprint density at radius 2 is 1.57 bits per heavy atom. The number of Topliss-reactive ketones (excluding diaryl/α,β-unsaturated/α-hetero) is 1. The summed E-state index contributed by atoms with van der Waals surface area (Å²) in [6, 6.07) is 7.10. The number of hydrogen-bond donors (Lipinski definition) is 5. The molecule has 0 aliphatic carbocycles. The Balaban J connectivity index is 2.33. The van der Waals surface area contributed by atoms with Crippen LogP contribution in [-0.4, -0.2) is 31.3 Å². The molecule has 0 aliphatic heterocycles. The molecule has 0 aliphatic rings. The Morgan fingerprint density at radius 3 is 2.19 bits per heavy atom. The van der Waals surface area contributed by atoms with Crippen molar-refractivity contribution >= 4 is 11.9 Å². The van der Waals surface area contributed by atoms with Crippen LogP contribution >= 0.6 is 0 Å². The smallest absolute Gasteiger partial charge is 0.231 e. The van der Waals surface area contributed by atoms with Gasteiger partial charge >= 0.3 is 0 Å². The minimum Gasteiger partial charge on any atom is -0.508 e. The molecule has 0 aromatic heterocycles. The summed E-state index contributed by atoms with van der Waals surface area (Å²) in [5.74, 6) is -2.91. The molecule has 2 aromatic carbocycles. The number of rotatable bonds is 3. The van der Waals surface area contributed by atoms with Crippen molar-refractivity contribution < 1.29 is 30.3 Å². The Bertz CT molecular complexity index is 733. The van der Waals surface area contributed by atoms with Gasteiger partial charge in [0.25, 0.3) is 0 Å². The number of benzene rings is 2. The average molecular weight is 288 g/mol. The number of carbonyl (C=O) groups is 1. The summed E-state index contributed by atoms with van der Waals surface area (Å²) < 4.78 is 0. The van der Waals surface area contributed by atoms with Crippen LogP contribution in [0.3, 0.4) is 0 Å². The van der Waals surface area contributed by atoms with Crippen LogP contribution in [0.5, 0.6) is 23.0 Å². The molecule has 0 fully saturated rings. The van der Waals surface area contributed by atoms with Crippen molar-refractivity contribution in [2.75, 3.05) is 0 Å². The largest absolute Gasteiger partial charge is 0.508 e. The molecule has 2 aromatic rings. The zero-order chi connectivity index (χ0) is 15.6. The van der Waals surface area contributed by atoms with E-state index in [-0.39, 0.29) is 22.6 Å². The fourth-order valence-electron chi connectivity index (χ4n) is 1.70. The van der Waals surface area contributed by atoms with Gasteiger partial charge in [-0.05, 0) is 35.9 Å². The summed E-state index contributed by atoms with van der Waals surface area (Å²) in [5.41, 5.74) is 0.110. The normalized spacial score (nSPS) is 11.3. The van der Waals surface area contributed by atoms with Crippen LogP contribution < -0.4 is 0 Å². The maximum Gasteiger partial charge on any atom is 0.231 e. The van der Waals surface area contributed by atoms with Gasteiger partial charge in [-0.25, -0.2) is 0 Å². The molecule has 5 N–H and O–H groups in total. The van der Waals surface area contributed by atoms with Crippen molar-refractivity contribution in [2.45, 2.75) is 0 Å². The monoisotopic (exact) mass is 288 g/mol. The fraction of sp³-hybridized carbons (Fsp3) is 0. The summed E-state index contributed by atoms with van der Waals surface area (Å²) >= 11 is 0. The lowest BCUT2D eigenvalue weighted by molar-refractivity contribution is 0.0977. The van der Waals surface area contributed by atoms with E-state index in [9.17, 15) is 25.2 Å². The van der Waals surface area contributed by atoms with Gasteiger partial charge in [0.1, 0.15) is 11.5 Å². The molecule has 0 bridgehead atoms. The summed E-state index contributed by atoms with van der Waals surface area (Å²) in [6.45, 7) is 0. The number of allylic oxidation sites excluding steroid dienone is 1. The van der Waals surface area contributed by atoms with Gasteiger partial charge in [0, 0.05) is 6.07 Å². The zero-order valence-corrected chi connectivity index (χ0v) is 10.7. The zero-order valence-electron chi connectivity index (χ0n) is 10.7. The SMILES string of the molecule is O=C(/C(O)=C/c1ccc(O)c(O)c1)c1ccc(O)cc1O. The van der Waals surface area contributed by atoms with Gasteiger partial charge in [0.2, 0.25) is 5.78 Å². The Morgan fingerprint density at radius 1 is 0.857 bits per heavy atom. The van der Waals surface area contributed by atoms with Crippen LogP contribution in [-0.2, 0) is 0 Å². The van der Waals surface area contributed by atoms with Gasteiger partial charge in [-0.2, -0.15) is 0 Å². The third-order valence-corrected chi connectivity index (χ3v) is 2.76. The van der Waals surface area contributed by atoms with Crippen LogP contribution in [0.15, 0.2) is 42.2 Å². The van der Waals surface area contributed by atoms with Crippen molar-refractivity contribution in [2.24, 2.45) is 0 Å². The third kappa shape index (κ3) is 3.06. The van der Waals surface area contributed by atoms with E-state index in [1.807, 2.05) is 0 Å². The van der Waals surface area contributed by atoms with E-state index in [1.54, 1.807) is 0 Å². The predicted octanol–water partition coefficient (Wildman–Crippen LogP) is 2.29. The Kier molecular flexibility index (Phi) is 3.71. The maximum atomic E-state index is 12.0. The molecule has 2 rings (SSSR count). The average Bonchev–Trinajstić information content (AvgIpc) is 2.42. The highest BCUT2D eigenvalue weighted by molar-refractivity contribution is 6.11. The van der Waals surface area contributed by atoms with E-state index in [2.05, 4.69) is 0 Å². The molecule has 0 atom stereocenters. The number of aliphatic hydroxyl groups excluding tert-OH is 1. The van der Waals surface area contributed by atoms with E-state index in [0.29, 0.717) is 0 Å². The molecule has 21 heavy (non-hydrogen) atoms. The van der Waals surface area contributed by atoms with Crippen molar-refractivity contribution in [3.05, 3.63) is 53.3 Å². The van der Waals surface area contributed by atoms with E-state index < -0.39 is 23.0 Å². The van der Waals surface area contributed by atoms with E-state index in [4.69, 9.17) is 5.11 Å². The van der Waals surface area contributed by atoms with Gasteiger partial charge in [0.05, 0.1) is 5.56 Å². The second-order valence-corrected chi connectivity index (χ2v) is 4.31. The summed E-state index contributed by atoms with van der Waals surface area (Å²) in [6.07, 6.45) is 1.08. The number of carbonyl (C=O) groups excluding carboxylic acids is 1. The number of phenols is 4. The lowest BCUT2D eigenvalue weighted by Gasteiger charge is -2.04. The quantitative estimate of drug-likeness (QED) is 0.256. The fourth-order valence-corrected chi connectivity index (χ4v) is 1.70. The second kappa shape index (κ2) is 5.46. The highest BCUT2D eigenvalue weighted by Crippen LogP contribution is 2.27. The topological polar surface area (TPSA) is 118 Å². The molecule has 0 spiro atoms. The number of ketones is 1. The number of hydrogen-bond acceptors (Lipinski definition) is 6. The van der Waals surface area contributed by atoms with Crippen molar-refractivity contribution in [1.82, 2.24) is 0 Å². The highest BCUT2D eigenvalue weighted by Gasteiger charge is 2.16. The second-order valence-electron chi connectivity index (χ2n) is 4.31. The molecule has 6 nitrogen and oxygen atoms in total. The minimum atomic E-state index is -0.847. The van der Waals surface area contributed by atoms with Gasteiger partial charge < -0.3 is 25.5 Å². The van der Waals surface area contributed by atoms with Gasteiger partial charge in [-0.3, -0.25) is 4.79 Å². The molecule has 0 unspecified atom stereocenters. The predicted molar refractivity (Wildman–Crippen MR) is 74.5 cm³/mol. The molecule has 108 valence electrons. The van der Waals surface area contributed by atoms with E-state index >= 15 is 0 Å². The first kappa shape index (κ1) is 14.3. The minimum absolute atomic E-state index is 0.176. The summed E-state index contributed by atoms with van der Waals surface area (Å²) in [4.78, 5) is 12.0. The molecule has 0 saturated carbocycles. The van der Waals surface area contributed by atoms with Crippen molar-refractivity contribution in [1.29, 1.82) is 0 Å². The standard InChI is InChI=1S/C15H12O6/c16-9-2-3-10(12(18)7-9)15(21)14(20)6-8-1-4-11(17)13(19)5-8/h1-7,16-20H/b14-6-. The van der Waals surface area contributed by atoms with Crippen LogP contribution in [0.1, 0.15) is 15.9 Å². The van der Waals surface area contributed by atoms with E-state index in [1.165, 1.54) is 24.3 Å². The first-order valence-corrected chi connectivity index (χ1v) is 5.88. The van der Waals surface area contributed by atoms with Gasteiger partial charge in [-0.1, -0.05) is 6.07 Å². The molecule has 6 heteroatoms. The molecule has 0 amide bonds. The number of aromatic hydroxyl groups is 4. The van der Waals surface area contributed by atoms with Crippen molar-refractivity contribution in [3.63, 3.8) is 0 Å². The number of aliphatic hydroxyl groups is 1. The molecular formula is C15H12O6. The summed E-state index contributed by atoms with van der Waals surface area (Å²) in [7, 11) is 0. The van der Waals surface area contributed by atoms with Crippen LogP contribution in [0.25, 0.3) is 6.08 Å². The van der Waals surface area contributed by atoms with Crippen LogP contribution in [0.2, 0.25) is 0 Å². The lowest BCUT2D eigenvalue weighted by Crippen LogP contribution is -2.03. The molecular weight excluding hydrogens is 276 g/mol. The first-order chi connectivity index (χ1) is 9.88. The Hall–Kier alpha value is -3.15. The molecule has 0 radical (unpaired) electrons. The lowest BCUT2D eigenvalue weighted by atomic mass is 10.1. The molecule has 0 heterocycles. The number of phenolic OH excluding ortho intramolecular Hbond substituents is 4. The van der Waals surface area contributed by atoms with Crippen molar-refractivity contribution in [3.8, 4) is 23.0 Å². The van der Waals surface area contributed by atoms with Gasteiger partial charge in [0.15, 0.2) is 17.3 Å². The highest BCUT2D eigenvalue weighted by atomic mass is 16.3. The first-order valence-electron chi connectivity index (χ1n) is 5.88. The summed E-state index contributed by atoms with van der Waals surface area (Å²) in [5, 5.41) is 47.0. The Labute approximate surface area is 119 Å². The van der Waals surface area contributed by atoms with Crippen LogP contribution in [0, 0.1) is 0 Å².